The Morgan fingerprint density at radius 2 is 1.94 bits per heavy atom. The van der Waals surface area contributed by atoms with E-state index in [1.54, 1.807) is 13.3 Å². The van der Waals surface area contributed by atoms with Gasteiger partial charge in [0.25, 0.3) is 0 Å². The largest absolute Gasteiger partial charge is 0.480 e. The molecule has 1 saturated carbocycles. The highest BCUT2D eigenvalue weighted by Gasteiger charge is 2.24. The molecule has 0 amide bonds. The molecular weight excluding hydrogens is 294 g/mol. The van der Waals surface area contributed by atoms with Crippen molar-refractivity contribution >= 4 is 21.9 Å². The van der Waals surface area contributed by atoms with Gasteiger partial charge in [-0.05, 0) is 47.0 Å². The van der Waals surface area contributed by atoms with Gasteiger partial charge in [-0.25, -0.2) is 4.98 Å². The van der Waals surface area contributed by atoms with Gasteiger partial charge in [-0.2, -0.15) is 4.98 Å². The lowest BCUT2D eigenvalue weighted by Crippen LogP contribution is -2.30. The van der Waals surface area contributed by atoms with Crippen LogP contribution in [0.2, 0.25) is 0 Å². The van der Waals surface area contributed by atoms with Gasteiger partial charge >= 0.3 is 0 Å². The van der Waals surface area contributed by atoms with Crippen LogP contribution in [0.15, 0.2) is 10.7 Å². The number of hydrogen-bond donors (Lipinski definition) is 1. The number of nitrogens with zero attached hydrogens (tertiary/aromatic N) is 2. The molecule has 2 atom stereocenters. The number of rotatable bonds is 3. The fourth-order valence-electron chi connectivity index (χ4n) is 2.81. The predicted molar refractivity (Wildman–Crippen MR) is 75.9 cm³/mol. The van der Waals surface area contributed by atoms with Crippen LogP contribution in [0.4, 0.5) is 5.95 Å². The normalized spacial score (nSPS) is 27.9. The Hall–Kier alpha value is -0.840. The molecule has 18 heavy (non-hydrogen) atoms. The third-order valence-corrected chi connectivity index (χ3v) is 3.96. The highest BCUT2D eigenvalue weighted by molar-refractivity contribution is 9.10. The zero-order chi connectivity index (χ0) is 13.1. The minimum Gasteiger partial charge on any atom is -0.480 e. The third kappa shape index (κ3) is 3.34. The summed E-state index contributed by atoms with van der Waals surface area (Å²) in [6.45, 7) is 4.63. The van der Waals surface area contributed by atoms with E-state index in [2.05, 4.69) is 45.1 Å². The molecule has 1 aliphatic carbocycles. The van der Waals surface area contributed by atoms with Gasteiger partial charge in [-0.15, -0.1) is 0 Å². The van der Waals surface area contributed by atoms with Crippen LogP contribution in [-0.2, 0) is 0 Å². The minimum absolute atomic E-state index is 0.467. The standard InChI is InChI=1S/C13H20BrN3O/c1-8-4-9(2)6-10(5-8)16-13-15-7-11(14)12(17-13)18-3/h7-10H,4-6H2,1-3H3,(H,15,16,17). The molecule has 1 aliphatic rings. The second-order valence-corrected chi connectivity index (χ2v) is 6.16. The average Bonchev–Trinajstić information content (AvgIpc) is 2.30. The smallest absolute Gasteiger partial charge is 0.232 e. The van der Waals surface area contributed by atoms with E-state index in [4.69, 9.17) is 4.74 Å². The van der Waals surface area contributed by atoms with Crippen LogP contribution in [0.5, 0.6) is 5.88 Å². The molecule has 1 heterocycles. The number of ether oxygens (including phenoxy) is 1. The second kappa shape index (κ2) is 5.87. The zero-order valence-corrected chi connectivity index (χ0v) is 12.7. The topological polar surface area (TPSA) is 47.0 Å². The molecule has 2 rings (SSSR count). The number of anilines is 1. The zero-order valence-electron chi connectivity index (χ0n) is 11.1. The minimum atomic E-state index is 0.467. The molecule has 2 unspecified atom stereocenters. The number of hydrogen-bond acceptors (Lipinski definition) is 4. The molecule has 1 fully saturated rings. The van der Waals surface area contributed by atoms with Gasteiger partial charge in [0.2, 0.25) is 11.8 Å². The lowest BCUT2D eigenvalue weighted by molar-refractivity contribution is 0.280. The van der Waals surface area contributed by atoms with Crippen molar-refractivity contribution in [3.63, 3.8) is 0 Å². The Bertz CT molecular complexity index is 403. The Kier molecular flexibility index (Phi) is 4.43. The van der Waals surface area contributed by atoms with Crippen LogP contribution in [0, 0.1) is 11.8 Å². The molecule has 1 N–H and O–H groups in total. The van der Waals surface area contributed by atoms with Gasteiger partial charge in [0.1, 0.15) is 0 Å². The van der Waals surface area contributed by atoms with Crippen molar-refractivity contribution in [3.8, 4) is 5.88 Å². The first-order valence-corrected chi connectivity index (χ1v) is 7.20. The first kappa shape index (κ1) is 13.6. The molecule has 100 valence electrons. The molecular formula is C13H20BrN3O. The van der Waals surface area contributed by atoms with E-state index in [1.165, 1.54) is 19.3 Å². The SMILES string of the molecule is COc1nc(NC2CC(C)CC(C)C2)ncc1Br. The molecule has 0 aromatic carbocycles. The van der Waals surface area contributed by atoms with Crippen molar-refractivity contribution < 1.29 is 4.74 Å². The van der Waals surface area contributed by atoms with Crippen molar-refractivity contribution in [3.05, 3.63) is 10.7 Å². The van der Waals surface area contributed by atoms with Crippen molar-refractivity contribution in [2.45, 2.75) is 39.2 Å². The number of nitrogens with one attached hydrogen (secondary N) is 1. The number of halogens is 1. The lowest BCUT2D eigenvalue weighted by Gasteiger charge is -2.31. The summed E-state index contributed by atoms with van der Waals surface area (Å²) in [6, 6.07) is 0.467. The van der Waals surface area contributed by atoms with Crippen molar-refractivity contribution in [2.24, 2.45) is 11.8 Å². The Labute approximate surface area is 117 Å². The fourth-order valence-corrected chi connectivity index (χ4v) is 3.16. The summed E-state index contributed by atoms with van der Waals surface area (Å²) in [5.41, 5.74) is 0. The summed E-state index contributed by atoms with van der Waals surface area (Å²) in [7, 11) is 1.61. The number of methoxy groups -OCH3 is 1. The molecule has 0 spiro atoms. The monoisotopic (exact) mass is 313 g/mol. The molecule has 1 aromatic heterocycles. The summed E-state index contributed by atoms with van der Waals surface area (Å²) in [5.74, 6) is 2.76. The Balaban J connectivity index is 2.04. The quantitative estimate of drug-likeness (QED) is 0.928. The molecule has 5 heteroatoms. The first-order chi connectivity index (χ1) is 8.58. The van der Waals surface area contributed by atoms with Crippen molar-refractivity contribution in [2.75, 3.05) is 12.4 Å². The van der Waals surface area contributed by atoms with E-state index in [0.717, 1.165) is 16.3 Å². The molecule has 0 radical (unpaired) electrons. The van der Waals surface area contributed by atoms with Crippen LogP contribution in [0.1, 0.15) is 33.1 Å². The van der Waals surface area contributed by atoms with Gasteiger partial charge in [-0.1, -0.05) is 13.8 Å². The average molecular weight is 314 g/mol. The predicted octanol–water partition coefficient (Wildman–Crippen LogP) is 3.48. The van der Waals surface area contributed by atoms with E-state index < -0.39 is 0 Å². The van der Waals surface area contributed by atoms with Crippen LogP contribution in [-0.4, -0.2) is 23.1 Å². The van der Waals surface area contributed by atoms with Crippen LogP contribution in [0.3, 0.4) is 0 Å². The van der Waals surface area contributed by atoms with Crippen LogP contribution < -0.4 is 10.1 Å². The summed E-state index contributed by atoms with van der Waals surface area (Å²) < 4.78 is 5.96. The van der Waals surface area contributed by atoms with E-state index in [-0.39, 0.29) is 0 Å². The molecule has 0 aliphatic heterocycles. The Morgan fingerprint density at radius 3 is 2.56 bits per heavy atom. The first-order valence-electron chi connectivity index (χ1n) is 6.41. The molecule has 0 bridgehead atoms. The van der Waals surface area contributed by atoms with Crippen molar-refractivity contribution in [1.82, 2.24) is 9.97 Å². The van der Waals surface area contributed by atoms with Gasteiger partial charge < -0.3 is 10.1 Å². The van der Waals surface area contributed by atoms with E-state index >= 15 is 0 Å². The van der Waals surface area contributed by atoms with Gasteiger partial charge in [0.05, 0.1) is 17.8 Å². The highest BCUT2D eigenvalue weighted by atomic mass is 79.9. The molecule has 1 aromatic rings. The summed E-state index contributed by atoms with van der Waals surface area (Å²) in [6.07, 6.45) is 5.42. The maximum Gasteiger partial charge on any atom is 0.232 e. The van der Waals surface area contributed by atoms with Gasteiger partial charge in [-0.3, -0.25) is 0 Å². The molecule has 4 nitrogen and oxygen atoms in total. The van der Waals surface area contributed by atoms with E-state index in [1.807, 2.05) is 0 Å². The Morgan fingerprint density at radius 1 is 1.28 bits per heavy atom. The van der Waals surface area contributed by atoms with E-state index in [0.29, 0.717) is 17.9 Å². The molecule has 0 saturated heterocycles. The van der Waals surface area contributed by atoms with Gasteiger partial charge in [0.15, 0.2) is 0 Å². The fraction of sp³-hybridized carbons (Fsp3) is 0.692. The van der Waals surface area contributed by atoms with Gasteiger partial charge in [0, 0.05) is 6.04 Å². The van der Waals surface area contributed by atoms with Crippen LogP contribution in [0.25, 0.3) is 0 Å². The highest BCUT2D eigenvalue weighted by Crippen LogP contribution is 2.30. The third-order valence-electron chi connectivity index (χ3n) is 3.42. The number of aromatic nitrogens is 2. The lowest BCUT2D eigenvalue weighted by atomic mass is 9.80. The van der Waals surface area contributed by atoms with E-state index in [9.17, 15) is 0 Å². The summed E-state index contributed by atoms with van der Waals surface area (Å²) >= 11 is 3.36. The second-order valence-electron chi connectivity index (χ2n) is 5.31. The summed E-state index contributed by atoms with van der Waals surface area (Å²) in [4.78, 5) is 8.63. The summed E-state index contributed by atoms with van der Waals surface area (Å²) in [5, 5.41) is 3.42. The van der Waals surface area contributed by atoms with Crippen LogP contribution >= 0.6 is 15.9 Å². The van der Waals surface area contributed by atoms with Crippen molar-refractivity contribution in [1.29, 1.82) is 0 Å². The maximum atomic E-state index is 5.18. The maximum absolute atomic E-state index is 5.18.